The third kappa shape index (κ3) is 6.70. The third-order valence-corrected chi connectivity index (χ3v) is 4.41. The summed E-state index contributed by atoms with van der Waals surface area (Å²) in [5, 5.41) is 3.16. The summed E-state index contributed by atoms with van der Waals surface area (Å²) >= 11 is 0. The Morgan fingerprint density at radius 2 is 2.10 bits per heavy atom. The van der Waals surface area contributed by atoms with Gasteiger partial charge in [-0.3, -0.25) is 9.69 Å². The molecule has 1 aliphatic carbocycles. The van der Waals surface area contributed by atoms with Gasteiger partial charge in [0.1, 0.15) is 0 Å². The van der Waals surface area contributed by atoms with Crippen LogP contribution in [0.25, 0.3) is 0 Å². The molecule has 2 aliphatic rings. The molecule has 0 bridgehead atoms. The summed E-state index contributed by atoms with van der Waals surface area (Å²) in [5.74, 6) is 0.576. The molecular formula is C14H29Cl2N3O2. The molecule has 3 atom stereocenters. The number of rotatable bonds is 6. The maximum Gasteiger partial charge on any atom is 0.220 e. The van der Waals surface area contributed by atoms with Crippen molar-refractivity contribution in [1.29, 1.82) is 0 Å². The fourth-order valence-corrected chi connectivity index (χ4v) is 3.22. The molecule has 1 unspecified atom stereocenters. The summed E-state index contributed by atoms with van der Waals surface area (Å²) in [7, 11) is 1.72. The fraction of sp³-hybridized carbons (Fsp3) is 0.929. The molecule has 126 valence electrons. The lowest BCUT2D eigenvalue weighted by molar-refractivity contribution is -0.122. The predicted octanol–water partition coefficient (Wildman–Crippen LogP) is 1.18. The van der Waals surface area contributed by atoms with E-state index in [0.717, 1.165) is 45.5 Å². The molecule has 1 aliphatic heterocycles. The highest BCUT2D eigenvalue weighted by molar-refractivity contribution is 5.85. The van der Waals surface area contributed by atoms with Gasteiger partial charge in [-0.15, -0.1) is 24.8 Å². The van der Waals surface area contributed by atoms with Crippen LogP contribution in [0.2, 0.25) is 0 Å². The van der Waals surface area contributed by atoms with Gasteiger partial charge in [0.05, 0.1) is 6.61 Å². The topological polar surface area (TPSA) is 67.6 Å². The summed E-state index contributed by atoms with van der Waals surface area (Å²) in [5.41, 5.74) is 6.01. The van der Waals surface area contributed by atoms with Gasteiger partial charge in [0.25, 0.3) is 0 Å². The standard InChI is InChI=1S/C14H27N3O2.2ClH/c1-19-8-7-17-6-5-12(10-17)16-14(18)9-11-3-2-4-13(11)15;;/h11-13H,2-10,15H2,1H3,(H,16,18);2*1H/t11-,12?,13+;;/m0../s1. The van der Waals surface area contributed by atoms with Crippen LogP contribution in [0.4, 0.5) is 0 Å². The second kappa shape index (κ2) is 10.6. The first-order valence-corrected chi connectivity index (χ1v) is 7.45. The van der Waals surface area contributed by atoms with Gasteiger partial charge in [-0.2, -0.15) is 0 Å². The van der Waals surface area contributed by atoms with Crippen molar-refractivity contribution in [1.82, 2.24) is 10.2 Å². The quantitative estimate of drug-likeness (QED) is 0.761. The Balaban J connectivity index is 0.00000200. The summed E-state index contributed by atoms with van der Waals surface area (Å²) < 4.78 is 5.08. The number of likely N-dealkylation sites (tertiary alicyclic amines) is 1. The van der Waals surface area contributed by atoms with Crippen LogP contribution in [0.5, 0.6) is 0 Å². The number of amides is 1. The molecule has 0 radical (unpaired) electrons. The molecule has 7 heteroatoms. The van der Waals surface area contributed by atoms with Gasteiger partial charge in [0.2, 0.25) is 5.91 Å². The Morgan fingerprint density at radius 1 is 1.33 bits per heavy atom. The lowest BCUT2D eigenvalue weighted by atomic mass is 9.99. The van der Waals surface area contributed by atoms with E-state index in [1.165, 1.54) is 6.42 Å². The normalized spacial score (nSPS) is 28.8. The van der Waals surface area contributed by atoms with Crippen molar-refractivity contribution in [2.24, 2.45) is 11.7 Å². The Kier molecular flexibility index (Phi) is 10.6. The highest BCUT2D eigenvalue weighted by Crippen LogP contribution is 2.26. The maximum atomic E-state index is 12.0. The Labute approximate surface area is 140 Å². The van der Waals surface area contributed by atoms with Crippen LogP contribution in [0.15, 0.2) is 0 Å². The van der Waals surface area contributed by atoms with Crippen LogP contribution in [0.3, 0.4) is 0 Å². The lowest BCUT2D eigenvalue weighted by Crippen LogP contribution is -2.39. The van der Waals surface area contributed by atoms with Crippen molar-refractivity contribution in [2.75, 3.05) is 33.4 Å². The number of carbonyl (C=O) groups is 1. The number of carbonyl (C=O) groups excluding carboxylic acids is 1. The summed E-state index contributed by atoms with van der Waals surface area (Å²) in [6.45, 7) is 3.72. The third-order valence-electron chi connectivity index (χ3n) is 4.41. The second-order valence-electron chi connectivity index (χ2n) is 5.91. The molecule has 0 aromatic heterocycles. The minimum atomic E-state index is 0. The average Bonchev–Trinajstić information content (AvgIpc) is 2.97. The monoisotopic (exact) mass is 341 g/mol. The summed E-state index contributed by atoms with van der Waals surface area (Å²) in [6, 6.07) is 0.537. The number of nitrogens with one attached hydrogen (secondary N) is 1. The number of nitrogens with zero attached hydrogens (tertiary/aromatic N) is 1. The van der Waals surface area contributed by atoms with Gasteiger partial charge in [0.15, 0.2) is 0 Å². The van der Waals surface area contributed by atoms with Crippen molar-refractivity contribution in [3.05, 3.63) is 0 Å². The number of nitrogens with two attached hydrogens (primary N) is 1. The number of halogens is 2. The number of hydrogen-bond acceptors (Lipinski definition) is 4. The van der Waals surface area contributed by atoms with Gasteiger partial charge >= 0.3 is 0 Å². The van der Waals surface area contributed by atoms with Gasteiger partial charge in [0, 0.05) is 45.2 Å². The van der Waals surface area contributed by atoms with Crippen LogP contribution in [-0.2, 0) is 9.53 Å². The van der Waals surface area contributed by atoms with Crippen LogP contribution in [0.1, 0.15) is 32.1 Å². The van der Waals surface area contributed by atoms with Gasteiger partial charge in [-0.05, 0) is 25.2 Å². The second-order valence-corrected chi connectivity index (χ2v) is 5.91. The van der Waals surface area contributed by atoms with Crippen LogP contribution >= 0.6 is 24.8 Å². The van der Waals surface area contributed by atoms with Crippen LogP contribution < -0.4 is 11.1 Å². The maximum absolute atomic E-state index is 12.0. The first-order valence-electron chi connectivity index (χ1n) is 7.45. The number of methoxy groups -OCH3 is 1. The first-order chi connectivity index (χ1) is 9.19. The van der Waals surface area contributed by atoms with Crippen LogP contribution in [-0.4, -0.2) is 56.2 Å². The molecule has 1 saturated carbocycles. The largest absolute Gasteiger partial charge is 0.383 e. The van der Waals surface area contributed by atoms with Gasteiger partial charge in [-0.25, -0.2) is 0 Å². The zero-order chi connectivity index (χ0) is 13.7. The fourth-order valence-electron chi connectivity index (χ4n) is 3.22. The molecule has 2 rings (SSSR count). The number of hydrogen-bond donors (Lipinski definition) is 2. The zero-order valence-corrected chi connectivity index (χ0v) is 14.4. The van der Waals surface area contributed by atoms with Crippen LogP contribution in [0, 0.1) is 5.92 Å². The average molecular weight is 342 g/mol. The Bertz CT molecular complexity index is 308. The van der Waals surface area contributed by atoms with E-state index in [-0.39, 0.29) is 36.8 Å². The number of ether oxygens (including phenoxy) is 1. The Morgan fingerprint density at radius 3 is 2.71 bits per heavy atom. The zero-order valence-electron chi connectivity index (χ0n) is 12.8. The Hall–Kier alpha value is -0.0700. The smallest absolute Gasteiger partial charge is 0.220 e. The molecule has 0 aromatic rings. The van der Waals surface area contributed by atoms with E-state index in [9.17, 15) is 4.79 Å². The molecule has 1 amide bonds. The minimum absolute atomic E-state index is 0. The van der Waals surface area contributed by atoms with E-state index in [4.69, 9.17) is 10.5 Å². The van der Waals surface area contributed by atoms with E-state index < -0.39 is 0 Å². The first kappa shape index (κ1) is 20.9. The lowest BCUT2D eigenvalue weighted by Gasteiger charge is -2.18. The van der Waals surface area contributed by atoms with Gasteiger partial charge < -0.3 is 15.8 Å². The van der Waals surface area contributed by atoms with Crippen molar-refractivity contribution in [3.8, 4) is 0 Å². The van der Waals surface area contributed by atoms with Gasteiger partial charge in [-0.1, -0.05) is 6.42 Å². The molecule has 1 saturated heterocycles. The van der Waals surface area contributed by atoms with Crippen molar-refractivity contribution < 1.29 is 9.53 Å². The SMILES string of the molecule is COCCN1CCC(NC(=O)C[C@@H]2CCC[C@H]2N)C1.Cl.Cl. The molecule has 3 N–H and O–H groups in total. The van der Waals surface area contributed by atoms with Crippen molar-refractivity contribution >= 4 is 30.7 Å². The van der Waals surface area contributed by atoms with E-state index in [1.807, 2.05) is 0 Å². The molecule has 5 nitrogen and oxygen atoms in total. The van der Waals surface area contributed by atoms with Crippen molar-refractivity contribution in [2.45, 2.75) is 44.2 Å². The highest BCUT2D eigenvalue weighted by Gasteiger charge is 2.28. The van der Waals surface area contributed by atoms with E-state index in [2.05, 4.69) is 10.2 Å². The van der Waals surface area contributed by atoms with E-state index in [1.54, 1.807) is 7.11 Å². The molecule has 1 heterocycles. The molecule has 0 spiro atoms. The minimum Gasteiger partial charge on any atom is -0.383 e. The molecule has 21 heavy (non-hydrogen) atoms. The summed E-state index contributed by atoms with van der Waals surface area (Å²) in [4.78, 5) is 14.4. The molecule has 2 fully saturated rings. The predicted molar refractivity (Wildman–Crippen MR) is 89.3 cm³/mol. The van der Waals surface area contributed by atoms with Crippen molar-refractivity contribution in [3.63, 3.8) is 0 Å². The molecule has 0 aromatic carbocycles. The molecular weight excluding hydrogens is 313 g/mol. The highest BCUT2D eigenvalue weighted by atomic mass is 35.5. The summed E-state index contributed by atoms with van der Waals surface area (Å²) in [6.07, 6.45) is 5.01. The van der Waals surface area contributed by atoms with E-state index >= 15 is 0 Å². The van der Waals surface area contributed by atoms with E-state index in [0.29, 0.717) is 18.4 Å².